The Balaban J connectivity index is 2.41. The van der Waals surface area contributed by atoms with Crippen molar-refractivity contribution in [2.24, 2.45) is 0 Å². The Hall–Kier alpha value is -1.55. The summed E-state index contributed by atoms with van der Waals surface area (Å²) in [6.07, 6.45) is 0. The molecule has 4 nitrogen and oxygen atoms in total. The number of amides is 2. The summed E-state index contributed by atoms with van der Waals surface area (Å²) in [5.74, 6) is 0. The van der Waals surface area contributed by atoms with Crippen molar-refractivity contribution in [3.8, 4) is 0 Å². The molecule has 0 aromatic heterocycles. The second-order valence-corrected chi connectivity index (χ2v) is 4.73. The number of hydrogen-bond acceptors (Lipinski definition) is 2. The topological polar surface area (TPSA) is 44.4 Å². The van der Waals surface area contributed by atoms with Crippen molar-refractivity contribution in [3.05, 3.63) is 29.3 Å². The van der Waals surface area contributed by atoms with Crippen LogP contribution in [0.3, 0.4) is 0 Å². The molecule has 0 unspecified atom stereocenters. The summed E-state index contributed by atoms with van der Waals surface area (Å²) in [5.41, 5.74) is 3.09. The standard InChI is InChI=1S/C15H25N3O/c1-5-18(6-2)10-9-16-15(19)17-14-11-12(3)7-8-13(14)4/h7-8,11H,5-6,9-10H2,1-4H3,(H2,16,17,19). The van der Waals surface area contributed by atoms with E-state index in [0.717, 1.165) is 36.4 Å². The second-order valence-electron chi connectivity index (χ2n) is 4.73. The summed E-state index contributed by atoms with van der Waals surface area (Å²) in [7, 11) is 0. The number of hydrogen-bond donors (Lipinski definition) is 2. The average molecular weight is 263 g/mol. The second kappa shape index (κ2) is 7.79. The number of likely N-dealkylation sites (N-methyl/N-ethyl adjacent to an activating group) is 1. The van der Waals surface area contributed by atoms with E-state index in [1.165, 1.54) is 0 Å². The van der Waals surface area contributed by atoms with E-state index in [-0.39, 0.29) is 6.03 Å². The molecule has 0 saturated carbocycles. The smallest absolute Gasteiger partial charge is 0.319 e. The maximum Gasteiger partial charge on any atom is 0.319 e. The van der Waals surface area contributed by atoms with Gasteiger partial charge in [-0.2, -0.15) is 0 Å². The lowest BCUT2D eigenvalue weighted by Crippen LogP contribution is -2.37. The van der Waals surface area contributed by atoms with Crippen LogP contribution in [0.1, 0.15) is 25.0 Å². The van der Waals surface area contributed by atoms with Crippen LogP contribution in [0.2, 0.25) is 0 Å². The summed E-state index contributed by atoms with van der Waals surface area (Å²) in [5, 5.41) is 5.78. The van der Waals surface area contributed by atoms with Crippen LogP contribution in [0, 0.1) is 13.8 Å². The molecule has 0 radical (unpaired) electrons. The third kappa shape index (κ3) is 5.30. The molecule has 0 aliphatic carbocycles. The molecule has 0 atom stereocenters. The molecule has 1 rings (SSSR count). The molecule has 106 valence electrons. The Morgan fingerprint density at radius 3 is 2.53 bits per heavy atom. The molecule has 2 amide bonds. The molecule has 0 fully saturated rings. The van der Waals surface area contributed by atoms with E-state index in [1.807, 2.05) is 32.0 Å². The van der Waals surface area contributed by atoms with Gasteiger partial charge in [0.05, 0.1) is 0 Å². The van der Waals surface area contributed by atoms with Crippen LogP contribution in [0.25, 0.3) is 0 Å². The maximum absolute atomic E-state index is 11.8. The van der Waals surface area contributed by atoms with Crippen molar-refractivity contribution in [1.29, 1.82) is 0 Å². The van der Waals surface area contributed by atoms with Gasteiger partial charge in [-0.05, 0) is 44.1 Å². The van der Waals surface area contributed by atoms with Gasteiger partial charge in [-0.3, -0.25) is 0 Å². The third-order valence-corrected chi connectivity index (χ3v) is 3.25. The first kappa shape index (κ1) is 15.5. The maximum atomic E-state index is 11.8. The highest BCUT2D eigenvalue weighted by Gasteiger charge is 2.05. The summed E-state index contributed by atoms with van der Waals surface area (Å²) >= 11 is 0. The van der Waals surface area contributed by atoms with Crippen LogP contribution in [-0.2, 0) is 0 Å². The highest BCUT2D eigenvalue weighted by Crippen LogP contribution is 2.15. The number of carbonyl (C=O) groups excluding carboxylic acids is 1. The predicted octanol–water partition coefficient (Wildman–Crippen LogP) is 2.77. The molecule has 0 aliphatic rings. The number of benzene rings is 1. The predicted molar refractivity (Wildman–Crippen MR) is 80.7 cm³/mol. The Labute approximate surface area is 116 Å². The van der Waals surface area contributed by atoms with Crippen LogP contribution in [0.4, 0.5) is 10.5 Å². The van der Waals surface area contributed by atoms with Gasteiger partial charge in [0.15, 0.2) is 0 Å². The van der Waals surface area contributed by atoms with Gasteiger partial charge in [-0.1, -0.05) is 26.0 Å². The summed E-state index contributed by atoms with van der Waals surface area (Å²) < 4.78 is 0. The van der Waals surface area contributed by atoms with Crippen LogP contribution in [0.5, 0.6) is 0 Å². The van der Waals surface area contributed by atoms with Gasteiger partial charge in [-0.15, -0.1) is 0 Å². The van der Waals surface area contributed by atoms with E-state index in [4.69, 9.17) is 0 Å². The van der Waals surface area contributed by atoms with Gasteiger partial charge in [0.1, 0.15) is 0 Å². The van der Waals surface area contributed by atoms with Crippen molar-refractivity contribution in [2.75, 3.05) is 31.5 Å². The van der Waals surface area contributed by atoms with Gasteiger partial charge in [0.25, 0.3) is 0 Å². The molecule has 0 heterocycles. The van der Waals surface area contributed by atoms with Crippen molar-refractivity contribution in [3.63, 3.8) is 0 Å². The van der Waals surface area contributed by atoms with E-state index in [2.05, 4.69) is 29.4 Å². The number of nitrogens with one attached hydrogen (secondary N) is 2. The molecule has 1 aromatic carbocycles. The fourth-order valence-corrected chi connectivity index (χ4v) is 1.90. The molecule has 0 bridgehead atoms. The van der Waals surface area contributed by atoms with E-state index < -0.39 is 0 Å². The Morgan fingerprint density at radius 2 is 1.89 bits per heavy atom. The molecule has 2 N–H and O–H groups in total. The van der Waals surface area contributed by atoms with E-state index in [9.17, 15) is 4.79 Å². The Bertz CT molecular complexity index is 414. The van der Waals surface area contributed by atoms with Crippen molar-refractivity contribution < 1.29 is 4.79 Å². The third-order valence-electron chi connectivity index (χ3n) is 3.25. The highest BCUT2D eigenvalue weighted by molar-refractivity contribution is 5.90. The van der Waals surface area contributed by atoms with Gasteiger partial charge >= 0.3 is 6.03 Å². The summed E-state index contributed by atoms with van der Waals surface area (Å²) in [4.78, 5) is 14.1. The normalized spacial score (nSPS) is 10.6. The SMILES string of the molecule is CCN(CC)CCNC(=O)Nc1cc(C)ccc1C. The van der Waals surface area contributed by atoms with Crippen LogP contribution in [0.15, 0.2) is 18.2 Å². The number of aryl methyl sites for hydroxylation is 2. The minimum absolute atomic E-state index is 0.138. The number of urea groups is 1. The van der Waals surface area contributed by atoms with E-state index >= 15 is 0 Å². The summed E-state index contributed by atoms with van der Waals surface area (Å²) in [6.45, 7) is 11.8. The van der Waals surface area contributed by atoms with E-state index in [1.54, 1.807) is 0 Å². The number of nitrogens with zero attached hydrogens (tertiary/aromatic N) is 1. The lowest BCUT2D eigenvalue weighted by atomic mass is 10.1. The van der Waals surface area contributed by atoms with Crippen molar-refractivity contribution in [1.82, 2.24) is 10.2 Å². The first-order valence-corrected chi connectivity index (χ1v) is 6.91. The zero-order valence-corrected chi connectivity index (χ0v) is 12.4. The molecule has 4 heteroatoms. The molecule has 0 saturated heterocycles. The van der Waals surface area contributed by atoms with Gasteiger partial charge in [0, 0.05) is 18.8 Å². The first-order chi connectivity index (χ1) is 9.06. The molecular formula is C15H25N3O. The zero-order valence-electron chi connectivity index (χ0n) is 12.4. The summed E-state index contributed by atoms with van der Waals surface area (Å²) in [6, 6.07) is 5.90. The minimum Gasteiger partial charge on any atom is -0.337 e. The quantitative estimate of drug-likeness (QED) is 0.829. The first-order valence-electron chi connectivity index (χ1n) is 6.91. The molecule has 0 spiro atoms. The number of carbonyl (C=O) groups is 1. The van der Waals surface area contributed by atoms with Crippen LogP contribution >= 0.6 is 0 Å². The fourth-order valence-electron chi connectivity index (χ4n) is 1.90. The highest BCUT2D eigenvalue weighted by atomic mass is 16.2. The van der Waals surface area contributed by atoms with Crippen LogP contribution in [-0.4, -0.2) is 37.1 Å². The van der Waals surface area contributed by atoms with Gasteiger partial charge in [0.2, 0.25) is 0 Å². The largest absolute Gasteiger partial charge is 0.337 e. The lowest BCUT2D eigenvalue weighted by molar-refractivity contribution is 0.248. The fraction of sp³-hybridized carbons (Fsp3) is 0.533. The Kier molecular flexibility index (Phi) is 6.36. The Morgan fingerprint density at radius 1 is 1.21 bits per heavy atom. The van der Waals surface area contributed by atoms with E-state index in [0.29, 0.717) is 6.54 Å². The molecule has 19 heavy (non-hydrogen) atoms. The molecule has 0 aliphatic heterocycles. The molecular weight excluding hydrogens is 238 g/mol. The van der Waals surface area contributed by atoms with Crippen molar-refractivity contribution >= 4 is 11.7 Å². The molecule has 1 aromatic rings. The van der Waals surface area contributed by atoms with Gasteiger partial charge in [-0.25, -0.2) is 4.79 Å². The van der Waals surface area contributed by atoms with Gasteiger partial charge < -0.3 is 15.5 Å². The van der Waals surface area contributed by atoms with Crippen LogP contribution < -0.4 is 10.6 Å². The number of anilines is 1. The minimum atomic E-state index is -0.138. The average Bonchev–Trinajstić information content (AvgIpc) is 2.39. The monoisotopic (exact) mass is 263 g/mol. The zero-order chi connectivity index (χ0) is 14.3. The number of rotatable bonds is 6. The van der Waals surface area contributed by atoms with Crippen molar-refractivity contribution in [2.45, 2.75) is 27.7 Å². The lowest BCUT2D eigenvalue weighted by Gasteiger charge is -2.18.